The summed E-state index contributed by atoms with van der Waals surface area (Å²) in [5.74, 6) is 1.05. The highest BCUT2D eigenvalue weighted by atomic mass is 35.5. The van der Waals surface area contributed by atoms with Crippen molar-refractivity contribution in [2.75, 3.05) is 50.1 Å². The maximum absolute atomic E-state index is 12.5. The zero-order valence-corrected chi connectivity index (χ0v) is 16.6. The number of nitrogens with zero attached hydrogens (tertiary/aromatic N) is 2. The second-order valence-electron chi connectivity index (χ2n) is 6.71. The maximum atomic E-state index is 12.5. The van der Waals surface area contributed by atoms with E-state index in [4.69, 9.17) is 16.3 Å². The quantitative estimate of drug-likeness (QED) is 0.818. The van der Waals surface area contributed by atoms with Gasteiger partial charge in [0.05, 0.1) is 7.11 Å². The number of carbonyl (C=O) groups is 1. The van der Waals surface area contributed by atoms with Crippen molar-refractivity contribution >= 4 is 28.9 Å². The van der Waals surface area contributed by atoms with Crippen molar-refractivity contribution in [1.29, 1.82) is 0 Å². The van der Waals surface area contributed by atoms with Crippen LogP contribution in [0.5, 0.6) is 5.75 Å². The summed E-state index contributed by atoms with van der Waals surface area (Å²) in [5, 5.41) is 4.01. The minimum Gasteiger partial charge on any atom is -0.497 e. The lowest BCUT2D eigenvalue weighted by molar-refractivity contribution is -0.131. The van der Waals surface area contributed by atoms with Crippen LogP contribution in [-0.2, 0) is 4.79 Å². The van der Waals surface area contributed by atoms with Crippen molar-refractivity contribution < 1.29 is 9.53 Å². The van der Waals surface area contributed by atoms with Gasteiger partial charge in [0.15, 0.2) is 0 Å². The van der Waals surface area contributed by atoms with Crippen LogP contribution in [0, 0.1) is 6.92 Å². The van der Waals surface area contributed by atoms with Gasteiger partial charge in [0.2, 0.25) is 5.91 Å². The third-order valence-corrected chi connectivity index (χ3v) is 5.32. The van der Waals surface area contributed by atoms with Crippen molar-refractivity contribution in [2.24, 2.45) is 0 Å². The molecule has 1 amide bonds. The maximum Gasteiger partial charge on any atom is 0.224 e. The number of benzene rings is 2. The Morgan fingerprint density at radius 2 is 1.81 bits per heavy atom. The fourth-order valence-corrected chi connectivity index (χ4v) is 3.36. The third-order valence-electron chi connectivity index (χ3n) is 4.91. The van der Waals surface area contributed by atoms with E-state index in [2.05, 4.69) is 22.3 Å². The summed E-state index contributed by atoms with van der Waals surface area (Å²) < 4.78 is 5.20. The lowest BCUT2D eigenvalue weighted by atomic mass is 10.2. The van der Waals surface area contributed by atoms with E-state index < -0.39 is 0 Å². The number of aryl methyl sites for hydroxylation is 1. The minimum atomic E-state index is 0.190. The summed E-state index contributed by atoms with van der Waals surface area (Å²) in [4.78, 5) is 16.7. The minimum absolute atomic E-state index is 0.190. The van der Waals surface area contributed by atoms with E-state index in [1.165, 1.54) is 5.69 Å². The van der Waals surface area contributed by atoms with Crippen molar-refractivity contribution in [3.05, 3.63) is 53.1 Å². The average molecular weight is 388 g/mol. The summed E-state index contributed by atoms with van der Waals surface area (Å²) in [6.45, 7) is 5.78. The predicted molar refractivity (Wildman–Crippen MR) is 111 cm³/mol. The highest BCUT2D eigenvalue weighted by Crippen LogP contribution is 2.21. The SMILES string of the molecule is COc1ccc(N2CCN(C(=O)CCNc3ccc(C)c(Cl)c3)CC2)cc1. The largest absolute Gasteiger partial charge is 0.497 e. The zero-order valence-electron chi connectivity index (χ0n) is 15.9. The molecule has 2 aromatic carbocycles. The van der Waals surface area contributed by atoms with Crippen LogP contribution in [0.3, 0.4) is 0 Å². The summed E-state index contributed by atoms with van der Waals surface area (Å²) in [7, 11) is 1.67. The van der Waals surface area contributed by atoms with E-state index in [1.54, 1.807) is 7.11 Å². The van der Waals surface area contributed by atoms with Crippen LogP contribution in [0.4, 0.5) is 11.4 Å². The third kappa shape index (κ3) is 5.07. The molecule has 1 saturated heterocycles. The Hall–Kier alpha value is -2.40. The van der Waals surface area contributed by atoms with Crippen LogP contribution in [0.15, 0.2) is 42.5 Å². The topological polar surface area (TPSA) is 44.8 Å². The van der Waals surface area contributed by atoms with Gasteiger partial charge < -0.3 is 19.9 Å². The first-order valence-corrected chi connectivity index (χ1v) is 9.61. The molecule has 0 atom stereocenters. The number of hydrogen-bond acceptors (Lipinski definition) is 4. The Bertz CT molecular complexity index is 771. The van der Waals surface area contributed by atoms with Gasteiger partial charge in [0.25, 0.3) is 0 Å². The standard InChI is InChI=1S/C21H26ClN3O2/c1-16-3-4-17(15-20(16)22)23-10-9-21(26)25-13-11-24(12-14-25)18-5-7-19(27-2)8-6-18/h3-8,15,23H,9-14H2,1-2H3. The Balaban J connectivity index is 1.43. The van der Waals surface area contributed by atoms with Gasteiger partial charge in [0.1, 0.15) is 5.75 Å². The molecule has 144 valence electrons. The highest BCUT2D eigenvalue weighted by Gasteiger charge is 2.21. The molecule has 3 rings (SSSR count). The first-order valence-electron chi connectivity index (χ1n) is 9.23. The smallest absolute Gasteiger partial charge is 0.224 e. The molecule has 1 N–H and O–H groups in total. The molecule has 1 aliphatic rings. The molecule has 0 radical (unpaired) electrons. The van der Waals surface area contributed by atoms with Crippen molar-refractivity contribution in [1.82, 2.24) is 4.90 Å². The van der Waals surface area contributed by atoms with Crippen molar-refractivity contribution in [3.63, 3.8) is 0 Å². The van der Waals surface area contributed by atoms with Gasteiger partial charge >= 0.3 is 0 Å². The van der Waals surface area contributed by atoms with E-state index in [1.807, 2.05) is 42.2 Å². The van der Waals surface area contributed by atoms with E-state index in [0.717, 1.165) is 48.2 Å². The first-order chi connectivity index (χ1) is 13.1. The number of halogens is 1. The van der Waals surface area contributed by atoms with Crippen LogP contribution in [0.2, 0.25) is 5.02 Å². The normalized spacial score (nSPS) is 14.2. The number of methoxy groups -OCH3 is 1. The summed E-state index contributed by atoms with van der Waals surface area (Å²) >= 11 is 6.13. The number of piperazine rings is 1. The van der Waals surface area contributed by atoms with E-state index in [-0.39, 0.29) is 5.91 Å². The fourth-order valence-electron chi connectivity index (χ4n) is 3.18. The molecule has 5 nitrogen and oxygen atoms in total. The molecule has 0 unspecified atom stereocenters. The van der Waals surface area contributed by atoms with Gasteiger partial charge in [-0.15, -0.1) is 0 Å². The second-order valence-corrected chi connectivity index (χ2v) is 7.11. The number of rotatable bonds is 6. The number of carbonyl (C=O) groups excluding carboxylic acids is 1. The van der Waals surface area contributed by atoms with Crippen molar-refractivity contribution in [3.8, 4) is 5.75 Å². The molecule has 1 heterocycles. The van der Waals surface area contributed by atoms with Gasteiger partial charge in [0, 0.05) is 55.5 Å². The number of hydrogen-bond donors (Lipinski definition) is 1. The Morgan fingerprint density at radius 3 is 2.44 bits per heavy atom. The number of anilines is 2. The molecule has 2 aromatic rings. The molecule has 27 heavy (non-hydrogen) atoms. The second kappa shape index (κ2) is 9.00. The van der Waals surface area contributed by atoms with Crippen molar-refractivity contribution in [2.45, 2.75) is 13.3 Å². The van der Waals surface area contributed by atoms with Gasteiger partial charge in [-0.25, -0.2) is 0 Å². The molecule has 6 heteroatoms. The number of amides is 1. The first kappa shape index (κ1) is 19.4. The lowest BCUT2D eigenvalue weighted by Gasteiger charge is -2.36. The summed E-state index contributed by atoms with van der Waals surface area (Å²) in [6.07, 6.45) is 0.480. The summed E-state index contributed by atoms with van der Waals surface area (Å²) in [5.41, 5.74) is 3.16. The van der Waals surface area contributed by atoms with Gasteiger partial charge in [-0.2, -0.15) is 0 Å². The molecule has 0 aromatic heterocycles. The van der Waals surface area contributed by atoms with Crippen LogP contribution >= 0.6 is 11.6 Å². The average Bonchev–Trinajstić information content (AvgIpc) is 2.71. The van der Waals surface area contributed by atoms with E-state index in [9.17, 15) is 4.79 Å². The van der Waals surface area contributed by atoms with Crippen LogP contribution in [-0.4, -0.2) is 50.6 Å². The Kier molecular flexibility index (Phi) is 6.45. The molecule has 0 bridgehead atoms. The molecule has 0 spiro atoms. The predicted octanol–water partition coefficient (Wildman–Crippen LogP) is 3.81. The van der Waals surface area contributed by atoms with Crippen LogP contribution in [0.1, 0.15) is 12.0 Å². The van der Waals surface area contributed by atoms with Gasteiger partial charge in [-0.1, -0.05) is 17.7 Å². The lowest BCUT2D eigenvalue weighted by Crippen LogP contribution is -2.49. The van der Waals surface area contributed by atoms with Crippen LogP contribution < -0.4 is 15.0 Å². The molecular formula is C21H26ClN3O2. The Morgan fingerprint density at radius 1 is 1.11 bits per heavy atom. The van der Waals surface area contributed by atoms with E-state index >= 15 is 0 Å². The Labute approximate surface area is 165 Å². The number of ether oxygens (including phenoxy) is 1. The zero-order chi connectivity index (χ0) is 19.2. The molecule has 1 aliphatic heterocycles. The highest BCUT2D eigenvalue weighted by molar-refractivity contribution is 6.31. The molecule has 1 fully saturated rings. The fraction of sp³-hybridized carbons (Fsp3) is 0.381. The molecular weight excluding hydrogens is 362 g/mol. The van der Waals surface area contributed by atoms with Gasteiger partial charge in [-0.05, 0) is 48.9 Å². The molecule has 0 saturated carbocycles. The molecule has 0 aliphatic carbocycles. The van der Waals surface area contributed by atoms with Gasteiger partial charge in [-0.3, -0.25) is 4.79 Å². The van der Waals surface area contributed by atoms with E-state index in [0.29, 0.717) is 13.0 Å². The van der Waals surface area contributed by atoms with Crippen LogP contribution in [0.25, 0.3) is 0 Å². The monoisotopic (exact) mass is 387 g/mol. The number of nitrogens with one attached hydrogen (secondary N) is 1. The summed E-state index contributed by atoms with van der Waals surface area (Å²) in [6, 6.07) is 13.9.